The van der Waals surface area contributed by atoms with Gasteiger partial charge in [-0.15, -0.1) is 0 Å². The van der Waals surface area contributed by atoms with Gasteiger partial charge in [0.15, 0.2) is 0 Å². The van der Waals surface area contributed by atoms with Gasteiger partial charge in [-0.25, -0.2) is 9.78 Å². The minimum Gasteiger partial charge on any atom is -0.341 e. The molecule has 1 fully saturated rings. The van der Waals surface area contributed by atoms with E-state index in [1.807, 2.05) is 29.2 Å². The number of piperazine rings is 1. The van der Waals surface area contributed by atoms with Gasteiger partial charge in [-0.2, -0.15) is 0 Å². The number of carbonyl (C=O) groups is 1. The molecule has 3 heterocycles. The van der Waals surface area contributed by atoms with Gasteiger partial charge in [0.1, 0.15) is 5.82 Å². The number of aryl methyl sites for hydroxylation is 1. The highest BCUT2D eigenvalue weighted by atomic mass is 16.2. The van der Waals surface area contributed by atoms with Crippen LogP contribution in [0.1, 0.15) is 12.2 Å². The number of benzene rings is 1. The average molecular weight is 382 g/mol. The van der Waals surface area contributed by atoms with Gasteiger partial charge in [-0.05, 0) is 12.1 Å². The van der Waals surface area contributed by atoms with Crippen LogP contribution in [0, 0.1) is 0 Å². The summed E-state index contributed by atoms with van der Waals surface area (Å²) in [5.74, 6) is 0.944. The van der Waals surface area contributed by atoms with Crippen LogP contribution < -0.4 is 11.2 Å². The fourth-order valence-electron chi connectivity index (χ4n) is 3.44. The lowest BCUT2D eigenvalue weighted by Crippen LogP contribution is -2.48. The Labute approximate surface area is 160 Å². The maximum absolute atomic E-state index is 12.4. The van der Waals surface area contributed by atoms with E-state index in [1.54, 1.807) is 0 Å². The summed E-state index contributed by atoms with van der Waals surface area (Å²) in [7, 11) is 0. The number of fused-ring (bicyclic) bond motifs is 1. The first-order valence-corrected chi connectivity index (χ1v) is 9.32. The van der Waals surface area contributed by atoms with E-state index < -0.39 is 11.2 Å². The number of H-pyrrole nitrogens is 2. The first kappa shape index (κ1) is 18.2. The Hall–Kier alpha value is -3.20. The second-order valence-corrected chi connectivity index (χ2v) is 6.91. The Morgan fingerprint density at radius 3 is 2.57 bits per heavy atom. The number of aromatic amines is 2. The van der Waals surface area contributed by atoms with Crippen molar-refractivity contribution in [1.29, 1.82) is 0 Å². The number of carbonyl (C=O) groups excluding carboxylic acids is 1. The number of hydrogen-bond donors (Lipinski definition) is 2. The highest BCUT2D eigenvalue weighted by Crippen LogP contribution is 2.13. The van der Waals surface area contributed by atoms with Crippen LogP contribution in [0.15, 0.2) is 46.1 Å². The lowest BCUT2D eigenvalue weighted by Gasteiger charge is -2.34. The minimum atomic E-state index is -0.490. The molecule has 9 heteroatoms. The molecule has 1 aromatic carbocycles. The molecule has 0 radical (unpaired) electrons. The van der Waals surface area contributed by atoms with E-state index in [0.29, 0.717) is 13.1 Å². The molecule has 0 spiro atoms. The molecular weight excluding hydrogens is 360 g/mol. The number of hydrogen-bond acceptors (Lipinski definition) is 5. The van der Waals surface area contributed by atoms with Crippen LogP contribution in [-0.4, -0.2) is 61.4 Å². The van der Waals surface area contributed by atoms with Crippen molar-refractivity contribution in [3.05, 3.63) is 63.2 Å². The predicted octanol–water partition coefficient (Wildman–Crippen LogP) is 0.147. The van der Waals surface area contributed by atoms with Crippen molar-refractivity contribution in [2.24, 2.45) is 0 Å². The molecule has 2 aromatic heterocycles. The first-order valence-electron chi connectivity index (χ1n) is 9.32. The standard InChI is InChI=1S/C19H22N6O3/c26-17-5-7-25(19(28)22-17)8-6-18(27)24-11-9-23(10-12-24)13-16-20-14-3-1-2-4-15(14)21-16/h1-5,7H,6,8-13H2,(H,20,21)(H,22,26,28). The molecular formula is C19H22N6O3. The molecule has 0 unspecified atom stereocenters. The van der Waals surface area contributed by atoms with E-state index in [4.69, 9.17) is 0 Å². The molecule has 1 amide bonds. The van der Waals surface area contributed by atoms with Crippen LogP contribution in [0.25, 0.3) is 11.0 Å². The van der Waals surface area contributed by atoms with Crippen LogP contribution in [0.2, 0.25) is 0 Å². The smallest absolute Gasteiger partial charge is 0.328 e. The van der Waals surface area contributed by atoms with Crippen LogP contribution in [-0.2, 0) is 17.9 Å². The summed E-state index contributed by atoms with van der Waals surface area (Å²) >= 11 is 0. The zero-order chi connectivity index (χ0) is 19.5. The van der Waals surface area contributed by atoms with Gasteiger partial charge in [0.2, 0.25) is 5.91 Å². The Bertz CT molecular complexity index is 1060. The van der Waals surface area contributed by atoms with Crippen LogP contribution >= 0.6 is 0 Å². The normalized spacial score (nSPS) is 15.2. The van der Waals surface area contributed by atoms with E-state index >= 15 is 0 Å². The van der Waals surface area contributed by atoms with Crippen molar-refractivity contribution in [1.82, 2.24) is 29.3 Å². The zero-order valence-corrected chi connectivity index (χ0v) is 15.4. The third-order valence-corrected chi connectivity index (χ3v) is 5.00. The largest absolute Gasteiger partial charge is 0.341 e. The molecule has 3 aromatic rings. The minimum absolute atomic E-state index is 0.0153. The molecule has 0 aliphatic carbocycles. The topological polar surface area (TPSA) is 107 Å². The van der Waals surface area contributed by atoms with Gasteiger partial charge >= 0.3 is 5.69 Å². The fraction of sp³-hybridized carbons (Fsp3) is 0.368. The van der Waals surface area contributed by atoms with Crippen molar-refractivity contribution in [2.75, 3.05) is 26.2 Å². The van der Waals surface area contributed by atoms with Crippen molar-refractivity contribution >= 4 is 16.9 Å². The summed E-state index contributed by atoms with van der Waals surface area (Å²) in [6, 6.07) is 9.23. The van der Waals surface area contributed by atoms with Gasteiger partial charge in [0.05, 0.1) is 17.6 Å². The lowest BCUT2D eigenvalue weighted by molar-refractivity contribution is -0.133. The summed E-state index contributed by atoms with van der Waals surface area (Å²) in [6.07, 6.45) is 1.65. The predicted molar refractivity (Wildman–Crippen MR) is 104 cm³/mol. The maximum atomic E-state index is 12.4. The molecule has 0 atom stereocenters. The van der Waals surface area contributed by atoms with E-state index in [2.05, 4.69) is 19.9 Å². The third kappa shape index (κ3) is 4.04. The van der Waals surface area contributed by atoms with E-state index in [1.165, 1.54) is 16.8 Å². The van der Waals surface area contributed by atoms with Crippen molar-refractivity contribution in [3.63, 3.8) is 0 Å². The number of rotatable bonds is 5. The Morgan fingerprint density at radius 1 is 1.04 bits per heavy atom. The molecule has 1 aliphatic heterocycles. The molecule has 1 saturated heterocycles. The third-order valence-electron chi connectivity index (χ3n) is 5.00. The number of aromatic nitrogens is 4. The molecule has 0 saturated carbocycles. The fourth-order valence-corrected chi connectivity index (χ4v) is 3.44. The summed E-state index contributed by atoms with van der Waals surface area (Å²) in [5.41, 5.74) is 1.07. The van der Waals surface area contributed by atoms with Gasteiger partial charge in [0.25, 0.3) is 5.56 Å². The monoisotopic (exact) mass is 382 g/mol. The van der Waals surface area contributed by atoms with Crippen LogP contribution in [0.3, 0.4) is 0 Å². The number of nitrogens with zero attached hydrogens (tertiary/aromatic N) is 4. The molecule has 1 aliphatic rings. The zero-order valence-electron chi connectivity index (χ0n) is 15.4. The van der Waals surface area contributed by atoms with Crippen molar-refractivity contribution < 1.29 is 4.79 Å². The molecule has 9 nitrogen and oxygen atoms in total. The molecule has 146 valence electrons. The van der Waals surface area contributed by atoms with Gasteiger partial charge in [-0.1, -0.05) is 12.1 Å². The number of nitrogens with one attached hydrogen (secondary N) is 2. The second-order valence-electron chi connectivity index (χ2n) is 6.91. The van der Waals surface area contributed by atoms with Gasteiger partial charge in [-0.3, -0.25) is 19.5 Å². The van der Waals surface area contributed by atoms with Crippen LogP contribution in [0.5, 0.6) is 0 Å². The van der Waals surface area contributed by atoms with Gasteiger partial charge < -0.3 is 14.5 Å². The number of imidazole rings is 1. The summed E-state index contributed by atoms with van der Waals surface area (Å²) in [4.78, 5) is 49.4. The van der Waals surface area contributed by atoms with E-state index in [-0.39, 0.29) is 18.9 Å². The first-order chi connectivity index (χ1) is 13.6. The Morgan fingerprint density at radius 2 is 1.82 bits per heavy atom. The highest BCUT2D eigenvalue weighted by molar-refractivity contribution is 5.76. The number of amides is 1. The summed E-state index contributed by atoms with van der Waals surface area (Å²) < 4.78 is 1.34. The lowest BCUT2D eigenvalue weighted by atomic mass is 10.2. The number of para-hydroxylation sites is 2. The SMILES string of the molecule is O=C(CCn1ccc(=O)[nH]c1=O)N1CCN(Cc2nc3ccccc3[nH]2)CC1. The summed E-state index contributed by atoms with van der Waals surface area (Å²) in [5, 5.41) is 0. The average Bonchev–Trinajstić information content (AvgIpc) is 3.10. The quantitative estimate of drug-likeness (QED) is 0.653. The Kier molecular flexibility index (Phi) is 5.07. The van der Waals surface area contributed by atoms with E-state index in [9.17, 15) is 14.4 Å². The molecule has 28 heavy (non-hydrogen) atoms. The maximum Gasteiger partial charge on any atom is 0.328 e. The Balaban J connectivity index is 1.28. The molecule has 0 bridgehead atoms. The highest BCUT2D eigenvalue weighted by Gasteiger charge is 2.21. The van der Waals surface area contributed by atoms with Crippen molar-refractivity contribution in [3.8, 4) is 0 Å². The second kappa shape index (κ2) is 7.81. The van der Waals surface area contributed by atoms with Crippen molar-refractivity contribution in [2.45, 2.75) is 19.5 Å². The molecule has 2 N–H and O–H groups in total. The molecule has 4 rings (SSSR count). The summed E-state index contributed by atoms with van der Waals surface area (Å²) in [6.45, 7) is 3.85. The van der Waals surface area contributed by atoms with Crippen LogP contribution in [0.4, 0.5) is 0 Å². The van der Waals surface area contributed by atoms with Gasteiger partial charge in [0, 0.05) is 51.4 Å². The van der Waals surface area contributed by atoms with E-state index in [0.717, 1.165) is 36.5 Å².